The van der Waals surface area contributed by atoms with Crippen molar-refractivity contribution in [3.63, 3.8) is 0 Å². The van der Waals surface area contributed by atoms with Crippen LogP contribution in [-0.2, 0) is 4.74 Å². The summed E-state index contributed by atoms with van der Waals surface area (Å²) in [6, 6.07) is 2.08. The monoisotopic (exact) mass is 256 g/mol. The number of aromatic nitrogens is 1. The highest BCUT2D eigenvalue weighted by Gasteiger charge is 2.10. The van der Waals surface area contributed by atoms with Crippen LogP contribution in [0.4, 0.5) is 5.82 Å². The molecule has 0 atom stereocenters. The van der Waals surface area contributed by atoms with Gasteiger partial charge in [-0.2, -0.15) is 9.64 Å². The first-order valence-corrected chi connectivity index (χ1v) is 6.52. The van der Waals surface area contributed by atoms with Gasteiger partial charge in [0.1, 0.15) is 11.6 Å². The van der Waals surface area contributed by atoms with E-state index in [9.17, 15) is 0 Å². The molecule has 0 aliphatic carbocycles. The van der Waals surface area contributed by atoms with Crippen molar-refractivity contribution in [3.8, 4) is 6.07 Å². The number of nitrogen functional groups attached to an aromatic ring is 1. The lowest BCUT2D eigenvalue weighted by molar-refractivity contribution is 0.0780. The van der Waals surface area contributed by atoms with E-state index in [1.165, 1.54) is 11.5 Å². The minimum absolute atomic E-state index is 0.330. The van der Waals surface area contributed by atoms with Crippen molar-refractivity contribution in [3.05, 3.63) is 10.4 Å². The Balaban J connectivity index is 2.08. The van der Waals surface area contributed by atoms with Crippen LogP contribution in [0.1, 0.15) is 10.4 Å². The van der Waals surface area contributed by atoms with E-state index < -0.39 is 0 Å². The number of nitrogens with zero attached hydrogens (tertiary/aromatic N) is 3. The molecule has 1 aromatic heterocycles. The summed E-state index contributed by atoms with van der Waals surface area (Å²) in [5.74, 6) is 0.330. The van der Waals surface area contributed by atoms with Gasteiger partial charge in [-0.05, 0) is 16.9 Å². The fourth-order valence-electron chi connectivity index (χ4n) is 1.32. The lowest BCUT2D eigenvalue weighted by Crippen LogP contribution is -2.29. The summed E-state index contributed by atoms with van der Waals surface area (Å²) in [7, 11) is 0. The van der Waals surface area contributed by atoms with E-state index in [4.69, 9.17) is 15.7 Å². The van der Waals surface area contributed by atoms with Crippen LogP contribution in [0.2, 0.25) is 0 Å². The molecule has 0 amide bonds. The second kappa shape index (κ2) is 5.41. The third-order valence-electron chi connectivity index (χ3n) is 2.18. The molecule has 16 heavy (non-hydrogen) atoms. The van der Waals surface area contributed by atoms with Crippen molar-refractivity contribution in [2.45, 2.75) is 0 Å². The molecule has 1 saturated heterocycles. The Morgan fingerprint density at radius 1 is 1.56 bits per heavy atom. The predicted octanol–water partition coefficient (Wildman–Crippen LogP) is 0.460. The van der Waals surface area contributed by atoms with Gasteiger partial charge in [0.2, 0.25) is 0 Å². The van der Waals surface area contributed by atoms with Crippen molar-refractivity contribution in [2.24, 2.45) is 0 Å². The van der Waals surface area contributed by atoms with Crippen LogP contribution in [0.15, 0.2) is 0 Å². The first kappa shape index (κ1) is 11.5. The van der Waals surface area contributed by atoms with Crippen LogP contribution >= 0.6 is 23.1 Å². The molecule has 7 heteroatoms. The van der Waals surface area contributed by atoms with Crippen molar-refractivity contribution < 1.29 is 4.74 Å². The predicted molar refractivity (Wildman–Crippen MR) is 67.8 cm³/mol. The van der Waals surface area contributed by atoms with E-state index in [2.05, 4.69) is 14.7 Å². The Labute approximate surface area is 102 Å². The zero-order valence-corrected chi connectivity index (χ0v) is 10.3. The largest absolute Gasteiger partial charge is 0.382 e. The van der Waals surface area contributed by atoms with Gasteiger partial charge in [0.05, 0.1) is 18.1 Å². The molecule has 0 unspecified atom stereocenters. The summed E-state index contributed by atoms with van der Waals surface area (Å²) >= 11 is 2.35. The molecule has 5 nitrogen and oxygen atoms in total. The van der Waals surface area contributed by atoms with Gasteiger partial charge in [-0.25, -0.2) is 0 Å². The number of thiol groups is 1. The van der Waals surface area contributed by atoms with Crippen LogP contribution in [-0.4, -0.2) is 40.3 Å². The fraction of sp³-hybridized carbons (Fsp3) is 0.444. The van der Waals surface area contributed by atoms with Gasteiger partial charge in [0.25, 0.3) is 0 Å². The highest BCUT2D eigenvalue weighted by molar-refractivity contribution is 7.95. The molecule has 2 heterocycles. The molecular weight excluding hydrogens is 244 g/mol. The standard InChI is InChI=1S/C9H12N4OS2/c10-5-7-8(16-12-9(7)11)6-15-13-1-3-14-4-2-13/h6,15H,1-4H2,(H2,11,12). The molecule has 0 spiro atoms. The second-order valence-corrected chi connectivity index (χ2v) is 5.09. The molecule has 86 valence electrons. The highest BCUT2D eigenvalue weighted by atomic mass is 32.1. The van der Waals surface area contributed by atoms with Gasteiger partial charge in [-0.1, -0.05) is 0 Å². The van der Waals surface area contributed by atoms with Crippen LogP contribution in [0.25, 0.3) is 0 Å². The second-order valence-electron chi connectivity index (χ2n) is 3.23. The Hall–Kier alpha value is -0.940. The summed E-state index contributed by atoms with van der Waals surface area (Å²) in [4.78, 5) is 0.855. The van der Waals surface area contributed by atoms with Crippen molar-refractivity contribution in [1.29, 1.82) is 5.26 Å². The number of ether oxygens (including phenoxy) is 1. The van der Waals surface area contributed by atoms with Gasteiger partial charge in [0.15, 0.2) is 5.82 Å². The zero-order chi connectivity index (χ0) is 11.4. The molecule has 0 aromatic carbocycles. The van der Waals surface area contributed by atoms with Crippen molar-refractivity contribution in [1.82, 2.24) is 8.68 Å². The number of rotatable bonds is 2. The van der Waals surface area contributed by atoms with Gasteiger partial charge < -0.3 is 10.5 Å². The lowest BCUT2D eigenvalue weighted by atomic mass is 10.3. The SMILES string of the molecule is N#Cc1c(N)nsc1C=[SH]N1CCOCC1. The first-order chi connectivity index (χ1) is 7.81. The molecule has 0 saturated carbocycles. The minimum atomic E-state index is 0.330. The van der Waals surface area contributed by atoms with Crippen LogP contribution in [0.5, 0.6) is 0 Å². The summed E-state index contributed by atoms with van der Waals surface area (Å²) in [5.41, 5.74) is 6.07. The highest BCUT2D eigenvalue weighted by Crippen LogP contribution is 2.19. The summed E-state index contributed by atoms with van der Waals surface area (Å²) in [6.45, 7) is 3.40. The van der Waals surface area contributed by atoms with Crippen LogP contribution in [0, 0.1) is 11.3 Å². The molecule has 1 aliphatic heterocycles. The topological polar surface area (TPSA) is 75.2 Å². The van der Waals surface area contributed by atoms with E-state index >= 15 is 0 Å². The van der Waals surface area contributed by atoms with Gasteiger partial charge in [-0.15, -0.1) is 11.5 Å². The molecule has 1 aromatic rings. The Morgan fingerprint density at radius 2 is 2.31 bits per heavy atom. The molecule has 2 N–H and O–H groups in total. The summed E-state index contributed by atoms with van der Waals surface area (Å²) in [6.07, 6.45) is 0. The Morgan fingerprint density at radius 3 is 3.00 bits per heavy atom. The number of nitrogens with two attached hydrogens (primary N) is 1. The fourth-order valence-corrected chi connectivity index (χ4v) is 2.97. The molecule has 1 fully saturated rings. The number of anilines is 1. The van der Waals surface area contributed by atoms with Crippen molar-refractivity contribution >= 4 is 34.3 Å². The van der Waals surface area contributed by atoms with E-state index in [1.807, 2.05) is 5.37 Å². The smallest absolute Gasteiger partial charge is 0.155 e. The Bertz CT molecular complexity index is 431. The molecule has 0 radical (unpaired) electrons. The molecule has 1 aliphatic rings. The maximum absolute atomic E-state index is 8.91. The van der Waals surface area contributed by atoms with Gasteiger partial charge in [0, 0.05) is 13.1 Å². The molecule has 2 rings (SSSR count). The first-order valence-electron chi connectivity index (χ1n) is 4.83. The van der Waals surface area contributed by atoms with E-state index in [0.717, 1.165) is 42.7 Å². The molecular formula is C9H12N4OS2. The van der Waals surface area contributed by atoms with E-state index in [0.29, 0.717) is 11.4 Å². The van der Waals surface area contributed by atoms with E-state index in [-0.39, 0.29) is 0 Å². The zero-order valence-electron chi connectivity index (χ0n) is 8.59. The third kappa shape index (κ3) is 2.59. The lowest BCUT2D eigenvalue weighted by Gasteiger charge is -2.22. The number of morpholine rings is 1. The average Bonchev–Trinajstić information content (AvgIpc) is 2.68. The van der Waals surface area contributed by atoms with Crippen LogP contribution < -0.4 is 5.73 Å². The molecule has 0 bridgehead atoms. The number of hydrogen-bond acceptors (Lipinski definition) is 6. The quantitative estimate of drug-likeness (QED) is 0.594. The average molecular weight is 256 g/mol. The van der Waals surface area contributed by atoms with Crippen molar-refractivity contribution in [2.75, 3.05) is 32.0 Å². The minimum Gasteiger partial charge on any atom is -0.382 e. The number of nitriles is 1. The summed E-state index contributed by atoms with van der Waals surface area (Å²) in [5, 5.41) is 10.9. The summed E-state index contributed by atoms with van der Waals surface area (Å²) < 4.78 is 11.5. The Kier molecular flexibility index (Phi) is 3.90. The van der Waals surface area contributed by atoms with E-state index in [1.54, 1.807) is 0 Å². The maximum Gasteiger partial charge on any atom is 0.155 e. The van der Waals surface area contributed by atoms with Gasteiger partial charge in [-0.3, -0.25) is 4.31 Å². The van der Waals surface area contributed by atoms with Crippen LogP contribution in [0.3, 0.4) is 0 Å². The maximum atomic E-state index is 8.91. The third-order valence-corrected chi connectivity index (χ3v) is 4.26. The number of hydrogen-bond donors (Lipinski definition) is 2. The normalized spacial score (nSPS) is 18.2. The van der Waals surface area contributed by atoms with Gasteiger partial charge >= 0.3 is 0 Å².